The van der Waals surface area contributed by atoms with Gasteiger partial charge in [0.15, 0.2) is 5.16 Å². The number of halogens is 1. The molecule has 3 rings (SSSR count). The smallest absolute Gasteiger partial charge is 0.191 e. The molecule has 7 heteroatoms. The van der Waals surface area contributed by atoms with Crippen LogP contribution >= 0.6 is 27.7 Å². The van der Waals surface area contributed by atoms with Crippen molar-refractivity contribution < 1.29 is 4.21 Å². The summed E-state index contributed by atoms with van der Waals surface area (Å²) in [6.07, 6.45) is 0. The van der Waals surface area contributed by atoms with E-state index in [1.807, 2.05) is 24.3 Å². The van der Waals surface area contributed by atoms with Crippen LogP contribution in [0.1, 0.15) is 29.4 Å². The van der Waals surface area contributed by atoms with Crippen LogP contribution in [0, 0.1) is 6.92 Å². The number of hydrogen-bond acceptors (Lipinski definition) is 4. The van der Waals surface area contributed by atoms with Gasteiger partial charge in [-0.3, -0.25) is 4.21 Å². The van der Waals surface area contributed by atoms with Gasteiger partial charge < -0.3 is 4.57 Å². The number of nitrogens with zero attached hydrogens (tertiary/aromatic N) is 3. The van der Waals surface area contributed by atoms with E-state index in [0.717, 1.165) is 33.3 Å². The summed E-state index contributed by atoms with van der Waals surface area (Å²) >= 11 is 5.09. The van der Waals surface area contributed by atoms with Gasteiger partial charge in [0.1, 0.15) is 5.82 Å². The zero-order valence-electron chi connectivity index (χ0n) is 15.4. The number of thioether (sulfide) groups is 1. The summed E-state index contributed by atoms with van der Waals surface area (Å²) < 4.78 is 15.7. The van der Waals surface area contributed by atoms with Gasteiger partial charge in [0.25, 0.3) is 0 Å². The van der Waals surface area contributed by atoms with Crippen molar-refractivity contribution >= 4 is 38.5 Å². The largest absolute Gasteiger partial charge is 0.306 e. The van der Waals surface area contributed by atoms with E-state index in [4.69, 9.17) is 0 Å². The standard InChI is InChI=1S/C20H22BrN3OS2/c1-3-24-19(14-27(25)13-17-8-10-18(21)11-9-17)22-23-20(24)26-12-16-6-4-15(2)5-7-16/h4-11H,3,12-14H2,1-2H3. The summed E-state index contributed by atoms with van der Waals surface area (Å²) in [5.41, 5.74) is 3.58. The molecule has 0 aliphatic rings. The second-order valence-electron chi connectivity index (χ2n) is 6.27. The third-order valence-electron chi connectivity index (χ3n) is 4.13. The maximum Gasteiger partial charge on any atom is 0.191 e. The van der Waals surface area contributed by atoms with Crippen LogP contribution in [-0.2, 0) is 34.6 Å². The van der Waals surface area contributed by atoms with Gasteiger partial charge in [-0.2, -0.15) is 0 Å². The van der Waals surface area contributed by atoms with E-state index in [2.05, 4.69) is 68.8 Å². The molecule has 1 aromatic heterocycles. The molecule has 0 spiro atoms. The van der Waals surface area contributed by atoms with Gasteiger partial charge in [-0.05, 0) is 37.1 Å². The molecule has 4 nitrogen and oxygen atoms in total. The molecule has 1 unspecified atom stereocenters. The molecule has 0 fully saturated rings. The van der Waals surface area contributed by atoms with E-state index in [-0.39, 0.29) is 0 Å². The number of aryl methyl sites for hydroxylation is 1. The van der Waals surface area contributed by atoms with Gasteiger partial charge in [0.05, 0.1) is 5.75 Å². The van der Waals surface area contributed by atoms with E-state index in [9.17, 15) is 4.21 Å². The third kappa shape index (κ3) is 5.77. The highest BCUT2D eigenvalue weighted by atomic mass is 79.9. The Labute approximate surface area is 175 Å². The maximum atomic E-state index is 12.6. The van der Waals surface area contributed by atoms with Gasteiger partial charge in [0, 0.05) is 33.3 Å². The van der Waals surface area contributed by atoms with Crippen LogP contribution in [0.2, 0.25) is 0 Å². The summed E-state index contributed by atoms with van der Waals surface area (Å²) in [5.74, 6) is 2.58. The van der Waals surface area contributed by atoms with Crippen LogP contribution in [0.15, 0.2) is 58.2 Å². The second-order valence-corrected chi connectivity index (χ2v) is 9.59. The molecule has 0 aliphatic carbocycles. The monoisotopic (exact) mass is 463 g/mol. The lowest BCUT2D eigenvalue weighted by molar-refractivity contribution is 0.650. The first-order chi connectivity index (χ1) is 13.0. The normalized spacial score (nSPS) is 12.3. The third-order valence-corrected chi connectivity index (χ3v) is 6.93. The molecule has 1 heterocycles. The van der Waals surface area contributed by atoms with Crippen molar-refractivity contribution in [2.75, 3.05) is 0 Å². The molecule has 0 saturated heterocycles. The van der Waals surface area contributed by atoms with Crippen LogP contribution in [-0.4, -0.2) is 19.0 Å². The minimum absolute atomic E-state index is 0.419. The molecule has 0 aliphatic heterocycles. The Hall–Kier alpha value is -1.44. The molecule has 2 aromatic carbocycles. The number of benzene rings is 2. The molecule has 0 amide bonds. The number of aromatic nitrogens is 3. The second kappa shape index (κ2) is 9.66. The Bertz CT molecular complexity index is 908. The molecule has 3 aromatic rings. The summed E-state index contributed by atoms with van der Waals surface area (Å²) in [5, 5.41) is 9.51. The van der Waals surface area contributed by atoms with E-state index in [0.29, 0.717) is 11.5 Å². The highest BCUT2D eigenvalue weighted by Crippen LogP contribution is 2.23. The van der Waals surface area contributed by atoms with Crippen molar-refractivity contribution in [3.63, 3.8) is 0 Å². The van der Waals surface area contributed by atoms with Gasteiger partial charge in [-0.15, -0.1) is 10.2 Å². The minimum atomic E-state index is -1.02. The van der Waals surface area contributed by atoms with Crippen molar-refractivity contribution in [1.29, 1.82) is 0 Å². The van der Waals surface area contributed by atoms with Crippen molar-refractivity contribution in [3.05, 3.63) is 75.5 Å². The lowest BCUT2D eigenvalue weighted by Crippen LogP contribution is -2.08. The Balaban J connectivity index is 1.63. The van der Waals surface area contributed by atoms with Crippen molar-refractivity contribution in [2.45, 2.75) is 42.8 Å². The molecule has 0 saturated carbocycles. The Morgan fingerprint density at radius 2 is 1.67 bits per heavy atom. The van der Waals surface area contributed by atoms with E-state index in [1.54, 1.807) is 11.8 Å². The predicted octanol–water partition coefficient (Wildman–Crippen LogP) is 5.11. The van der Waals surface area contributed by atoms with E-state index < -0.39 is 10.8 Å². The SMILES string of the molecule is CCn1c(CS(=O)Cc2ccc(Br)cc2)nnc1SCc1ccc(C)cc1. The highest BCUT2D eigenvalue weighted by Gasteiger charge is 2.14. The van der Waals surface area contributed by atoms with Gasteiger partial charge in [0.2, 0.25) is 0 Å². The lowest BCUT2D eigenvalue weighted by atomic mass is 10.2. The topological polar surface area (TPSA) is 47.8 Å². The average Bonchev–Trinajstić information content (AvgIpc) is 3.04. The Morgan fingerprint density at radius 1 is 1.00 bits per heavy atom. The lowest BCUT2D eigenvalue weighted by Gasteiger charge is -2.08. The Kier molecular flexibility index (Phi) is 7.26. The highest BCUT2D eigenvalue weighted by molar-refractivity contribution is 9.10. The summed E-state index contributed by atoms with van der Waals surface area (Å²) in [6.45, 7) is 4.93. The molecule has 1 atom stereocenters. The molecule has 0 N–H and O–H groups in total. The summed E-state index contributed by atoms with van der Waals surface area (Å²) in [7, 11) is -1.02. The van der Waals surface area contributed by atoms with Crippen molar-refractivity contribution in [1.82, 2.24) is 14.8 Å². The number of rotatable bonds is 8. The summed E-state index contributed by atoms with van der Waals surface area (Å²) in [6, 6.07) is 16.5. The molecular formula is C20H22BrN3OS2. The zero-order chi connectivity index (χ0) is 19.2. The summed E-state index contributed by atoms with van der Waals surface area (Å²) in [4.78, 5) is 0. The van der Waals surface area contributed by atoms with Gasteiger partial charge >= 0.3 is 0 Å². The molecule has 0 radical (unpaired) electrons. The molecule has 142 valence electrons. The van der Waals surface area contributed by atoms with Crippen LogP contribution in [0.25, 0.3) is 0 Å². The van der Waals surface area contributed by atoms with Crippen molar-refractivity contribution in [2.24, 2.45) is 0 Å². The first-order valence-corrected chi connectivity index (χ1v) is 12.0. The van der Waals surface area contributed by atoms with Crippen LogP contribution in [0.3, 0.4) is 0 Å². The molecular weight excluding hydrogens is 442 g/mol. The van der Waals surface area contributed by atoms with Crippen LogP contribution in [0.5, 0.6) is 0 Å². The quantitative estimate of drug-likeness (QED) is 0.435. The number of hydrogen-bond donors (Lipinski definition) is 0. The Morgan fingerprint density at radius 3 is 2.33 bits per heavy atom. The van der Waals surface area contributed by atoms with Gasteiger partial charge in [-0.25, -0.2) is 0 Å². The fourth-order valence-electron chi connectivity index (χ4n) is 2.64. The van der Waals surface area contributed by atoms with Crippen LogP contribution < -0.4 is 0 Å². The average molecular weight is 464 g/mol. The zero-order valence-corrected chi connectivity index (χ0v) is 18.6. The molecule has 27 heavy (non-hydrogen) atoms. The van der Waals surface area contributed by atoms with Gasteiger partial charge in [-0.1, -0.05) is 69.7 Å². The minimum Gasteiger partial charge on any atom is -0.306 e. The fourth-order valence-corrected chi connectivity index (χ4v) is 5.05. The first kappa shape index (κ1) is 20.3. The predicted molar refractivity (Wildman–Crippen MR) is 116 cm³/mol. The first-order valence-electron chi connectivity index (χ1n) is 8.75. The van der Waals surface area contributed by atoms with E-state index in [1.165, 1.54) is 11.1 Å². The van der Waals surface area contributed by atoms with E-state index >= 15 is 0 Å². The maximum absolute atomic E-state index is 12.6. The molecule has 0 bridgehead atoms. The fraction of sp³-hybridized carbons (Fsp3) is 0.300. The van der Waals surface area contributed by atoms with Crippen LogP contribution in [0.4, 0.5) is 0 Å². The van der Waals surface area contributed by atoms with Crippen molar-refractivity contribution in [3.8, 4) is 0 Å².